The number of hydrogen-bond donors (Lipinski definition) is 0. The van der Waals surface area contributed by atoms with Gasteiger partial charge in [0.15, 0.2) is 0 Å². The summed E-state index contributed by atoms with van der Waals surface area (Å²) in [5.41, 5.74) is 1.43. The van der Waals surface area contributed by atoms with E-state index < -0.39 is 4.92 Å². The fraction of sp³-hybridized carbons (Fsp3) is 0.0714. The second-order valence-electron chi connectivity index (χ2n) is 3.95. The Kier molecular flexibility index (Phi) is 4.68. The second-order valence-corrected chi connectivity index (χ2v) is 4.36. The summed E-state index contributed by atoms with van der Waals surface area (Å²) in [6.45, 7) is 0.241. The van der Waals surface area contributed by atoms with E-state index in [2.05, 4.69) is 5.16 Å². The molecule has 0 amide bonds. The number of nitro benzene ring substituents is 1. The molecule has 20 heavy (non-hydrogen) atoms. The molecule has 0 saturated heterocycles. The summed E-state index contributed by atoms with van der Waals surface area (Å²) in [5, 5.41) is 15.0. The molecule has 0 bridgehead atoms. The van der Waals surface area contributed by atoms with Crippen molar-refractivity contribution in [1.82, 2.24) is 0 Å². The van der Waals surface area contributed by atoms with Crippen molar-refractivity contribution in [3.8, 4) is 0 Å². The SMILES string of the molecule is O=[N+]([O-])c1cccc(C=NOCc2ccccc2Cl)c1. The first-order chi connectivity index (χ1) is 9.66. The first kappa shape index (κ1) is 14.0. The van der Waals surface area contributed by atoms with E-state index in [9.17, 15) is 10.1 Å². The third-order valence-electron chi connectivity index (χ3n) is 2.54. The summed E-state index contributed by atoms with van der Waals surface area (Å²) in [5.74, 6) is 0. The van der Waals surface area contributed by atoms with E-state index in [0.717, 1.165) is 5.56 Å². The van der Waals surface area contributed by atoms with Crippen molar-refractivity contribution in [2.75, 3.05) is 0 Å². The lowest BCUT2D eigenvalue weighted by Crippen LogP contribution is -1.91. The highest BCUT2D eigenvalue weighted by Crippen LogP contribution is 2.16. The average molecular weight is 291 g/mol. The van der Waals surface area contributed by atoms with Crippen molar-refractivity contribution in [3.05, 3.63) is 74.8 Å². The van der Waals surface area contributed by atoms with Crippen LogP contribution in [0, 0.1) is 10.1 Å². The molecule has 102 valence electrons. The van der Waals surface area contributed by atoms with Crippen molar-refractivity contribution in [1.29, 1.82) is 0 Å². The van der Waals surface area contributed by atoms with Crippen LogP contribution in [0.5, 0.6) is 0 Å². The molecule has 0 spiro atoms. The highest BCUT2D eigenvalue weighted by Gasteiger charge is 2.04. The molecule has 0 N–H and O–H groups in total. The van der Waals surface area contributed by atoms with E-state index in [1.165, 1.54) is 18.3 Å². The third kappa shape index (κ3) is 3.80. The second kappa shape index (κ2) is 6.68. The van der Waals surface area contributed by atoms with Gasteiger partial charge in [-0.25, -0.2) is 0 Å². The van der Waals surface area contributed by atoms with Gasteiger partial charge < -0.3 is 4.84 Å². The third-order valence-corrected chi connectivity index (χ3v) is 2.90. The standard InChI is InChI=1S/C14H11ClN2O3/c15-14-7-2-1-5-12(14)10-20-16-9-11-4-3-6-13(8-11)17(18)19/h1-9H,10H2. The summed E-state index contributed by atoms with van der Waals surface area (Å²) in [6, 6.07) is 13.4. The maximum atomic E-state index is 10.6. The van der Waals surface area contributed by atoms with Gasteiger partial charge in [-0.1, -0.05) is 47.1 Å². The van der Waals surface area contributed by atoms with Gasteiger partial charge in [0.2, 0.25) is 0 Å². The van der Waals surface area contributed by atoms with Gasteiger partial charge in [0.25, 0.3) is 5.69 Å². The maximum absolute atomic E-state index is 10.6. The van der Waals surface area contributed by atoms with E-state index in [-0.39, 0.29) is 12.3 Å². The number of halogens is 1. The van der Waals surface area contributed by atoms with Crippen LogP contribution in [0.2, 0.25) is 5.02 Å². The number of rotatable bonds is 5. The first-order valence-corrected chi connectivity index (χ1v) is 6.18. The fourth-order valence-electron chi connectivity index (χ4n) is 1.54. The molecule has 0 aliphatic carbocycles. The van der Waals surface area contributed by atoms with Crippen LogP contribution in [0.25, 0.3) is 0 Å². The van der Waals surface area contributed by atoms with Crippen LogP contribution in [-0.4, -0.2) is 11.1 Å². The van der Waals surface area contributed by atoms with Crippen LogP contribution < -0.4 is 0 Å². The van der Waals surface area contributed by atoms with Crippen LogP contribution in [0.4, 0.5) is 5.69 Å². The molecule has 0 aliphatic heterocycles. The predicted molar refractivity (Wildman–Crippen MR) is 76.9 cm³/mol. The van der Waals surface area contributed by atoms with Gasteiger partial charge in [-0.3, -0.25) is 10.1 Å². The number of nitrogens with zero attached hydrogens (tertiary/aromatic N) is 2. The number of non-ortho nitro benzene ring substituents is 1. The zero-order chi connectivity index (χ0) is 14.4. The van der Waals surface area contributed by atoms with E-state index in [0.29, 0.717) is 10.6 Å². The molecule has 0 unspecified atom stereocenters. The first-order valence-electron chi connectivity index (χ1n) is 5.80. The minimum atomic E-state index is -0.456. The molecule has 0 aromatic heterocycles. The van der Waals surface area contributed by atoms with E-state index in [1.54, 1.807) is 18.2 Å². The monoisotopic (exact) mass is 290 g/mol. The minimum Gasteiger partial charge on any atom is -0.391 e. The normalized spacial score (nSPS) is 10.7. The number of hydrogen-bond acceptors (Lipinski definition) is 4. The van der Waals surface area contributed by atoms with Gasteiger partial charge in [0.05, 0.1) is 11.1 Å². The Hall–Kier alpha value is -2.40. The van der Waals surface area contributed by atoms with Crippen LogP contribution in [0.1, 0.15) is 11.1 Å². The summed E-state index contributed by atoms with van der Waals surface area (Å²) in [6.07, 6.45) is 1.42. The largest absolute Gasteiger partial charge is 0.391 e. The highest BCUT2D eigenvalue weighted by atomic mass is 35.5. The molecular formula is C14H11ClN2O3. The van der Waals surface area contributed by atoms with Crippen LogP contribution in [0.15, 0.2) is 53.7 Å². The zero-order valence-electron chi connectivity index (χ0n) is 10.4. The smallest absolute Gasteiger partial charge is 0.270 e. The quantitative estimate of drug-likeness (QED) is 0.478. The summed E-state index contributed by atoms with van der Waals surface area (Å²) in [7, 11) is 0. The Balaban J connectivity index is 1.95. The Labute approximate surface area is 120 Å². The average Bonchev–Trinajstić information content (AvgIpc) is 2.45. The summed E-state index contributed by atoms with van der Waals surface area (Å²) < 4.78 is 0. The molecule has 2 aromatic carbocycles. The van der Waals surface area contributed by atoms with E-state index in [1.807, 2.05) is 18.2 Å². The topological polar surface area (TPSA) is 64.7 Å². The van der Waals surface area contributed by atoms with Crippen LogP contribution in [0.3, 0.4) is 0 Å². The minimum absolute atomic E-state index is 0.0139. The van der Waals surface area contributed by atoms with E-state index >= 15 is 0 Å². The molecular weight excluding hydrogens is 280 g/mol. The summed E-state index contributed by atoms with van der Waals surface area (Å²) in [4.78, 5) is 15.3. The molecule has 2 rings (SSSR count). The Bertz CT molecular complexity index is 644. The van der Waals surface area contributed by atoms with Gasteiger partial charge in [-0.05, 0) is 6.07 Å². The molecule has 5 nitrogen and oxygen atoms in total. The fourth-order valence-corrected chi connectivity index (χ4v) is 1.73. The van der Waals surface area contributed by atoms with Crippen molar-refractivity contribution in [3.63, 3.8) is 0 Å². The van der Waals surface area contributed by atoms with Crippen molar-refractivity contribution in [2.45, 2.75) is 6.61 Å². The van der Waals surface area contributed by atoms with Gasteiger partial charge in [-0.15, -0.1) is 0 Å². The number of nitro groups is 1. The maximum Gasteiger partial charge on any atom is 0.270 e. The number of oxime groups is 1. The van der Waals surface area contributed by atoms with Gasteiger partial charge in [0, 0.05) is 28.3 Å². The molecule has 0 saturated carbocycles. The lowest BCUT2D eigenvalue weighted by atomic mass is 10.2. The molecule has 2 aromatic rings. The van der Waals surface area contributed by atoms with Crippen molar-refractivity contribution in [2.24, 2.45) is 5.16 Å². The Morgan fingerprint density at radius 2 is 2.05 bits per heavy atom. The molecule has 0 radical (unpaired) electrons. The van der Waals surface area contributed by atoms with Crippen molar-refractivity contribution < 1.29 is 9.76 Å². The zero-order valence-corrected chi connectivity index (χ0v) is 11.2. The van der Waals surface area contributed by atoms with Crippen molar-refractivity contribution >= 4 is 23.5 Å². The van der Waals surface area contributed by atoms with Gasteiger partial charge in [-0.2, -0.15) is 0 Å². The lowest BCUT2D eigenvalue weighted by molar-refractivity contribution is -0.384. The Morgan fingerprint density at radius 1 is 1.25 bits per heavy atom. The van der Waals surface area contributed by atoms with Gasteiger partial charge in [0.1, 0.15) is 6.61 Å². The molecule has 0 atom stereocenters. The van der Waals surface area contributed by atoms with Crippen LogP contribution >= 0.6 is 11.6 Å². The number of benzene rings is 2. The van der Waals surface area contributed by atoms with E-state index in [4.69, 9.17) is 16.4 Å². The molecule has 0 aliphatic rings. The van der Waals surface area contributed by atoms with Gasteiger partial charge >= 0.3 is 0 Å². The predicted octanol–water partition coefficient (Wildman–Crippen LogP) is 3.80. The molecule has 0 fully saturated rings. The van der Waals surface area contributed by atoms with Crippen LogP contribution in [-0.2, 0) is 11.4 Å². The Morgan fingerprint density at radius 3 is 2.80 bits per heavy atom. The molecule has 6 heteroatoms. The molecule has 0 heterocycles. The summed E-state index contributed by atoms with van der Waals surface area (Å²) >= 11 is 5.97. The lowest BCUT2D eigenvalue weighted by Gasteiger charge is -2.01. The highest BCUT2D eigenvalue weighted by molar-refractivity contribution is 6.31.